The fourth-order valence-corrected chi connectivity index (χ4v) is 3.21. The molecular weight excluding hydrogens is 206 g/mol. The number of hydrogen-bond acceptors (Lipinski definition) is 4. The van der Waals surface area contributed by atoms with Crippen molar-refractivity contribution in [3.05, 3.63) is 12.3 Å². The van der Waals surface area contributed by atoms with E-state index in [4.69, 9.17) is 5.73 Å². The van der Waals surface area contributed by atoms with Gasteiger partial charge in [-0.1, -0.05) is 5.16 Å². The summed E-state index contributed by atoms with van der Waals surface area (Å²) in [5.41, 5.74) is 6.09. The largest absolute Gasteiger partial charge is 0.363 e. The lowest BCUT2D eigenvalue weighted by molar-refractivity contribution is -0.121. The lowest BCUT2D eigenvalue weighted by Crippen LogP contribution is -2.42. The van der Waals surface area contributed by atoms with Gasteiger partial charge in [0.15, 0.2) is 5.82 Å². The summed E-state index contributed by atoms with van der Waals surface area (Å²) in [6, 6.07) is 1.65. The van der Waals surface area contributed by atoms with Gasteiger partial charge in [0, 0.05) is 12.1 Å². The number of carbonyl (C=O) groups is 1. The third-order valence-corrected chi connectivity index (χ3v) is 3.97. The number of nitrogens with one attached hydrogen (secondary N) is 1. The van der Waals surface area contributed by atoms with E-state index in [2.05, 4.69) is 15.0 Å². The van der Waals surface area contributed by atoms with E-state index >= 15 is 0 Å². The minimum Gasteiger partial charge on any atom is -0.363 e. The third-order valence-electron chi connectivity index (χ3n) is 3.97. The maximum atomic E-state index is 12.0. The molecule has 86 valence electrons. The minimum absolute atomic E-state index is 0.00593. The second kappa shape index (κ2) is 3.59. The average molecular weight is 221 g/mol. The summed E-state index contributed by atoms with van der Waals surface area (Å²) in [5.74, 6) is 1.42. The number of carbonyl (C=O) groups excluding carboxylic acids is 1. The van der Waals surface area contributed by atoms with Gasteiger partial charge in [-0.2, -0.15) is 0 Å². The van der Waals surface area contributed by atoms with Gasteiger partial charge < -0.3 is 15.6 Å². The normalized spacial score (nSPS) is 36.6. The lowest BCUT2D eigenvalue weighted by atomic mass is 9.84. The van der Waals surface area contributed by atoms with Crippen LogP contribution in [0.4, 0.5) is 5.82 Å². The Balaban J connectivity index is 1.71. The number of amides is 1. The Hall–Kier alpha value is -1.36. The van der Waals surface area contributed by atoms with Crippen molar-refractivity contribution in [3.63, 3.8) is 0 Å². The van der Waals surface area contributed by atoms with Gasteiger partial charge in [0.05, 0.1) is 5.92 Å². The summed E-state index contributed by atoms with van der Waals surface area (Å²) in [6.45, 7) is 0. The minimum atomic E-state index is -0.0459. The zero-order chi connectivity index (χ0) is 11.1. The summed E-state index contributed by atoms with van der Waals surface area (Å²) in [5, 5.41) is 6.42. The predicted molar refractivity (Wildman–Crippen MR) is 57.4 cm³/mol. The second-order valence-electron chi connectivity index (χ2n) is 4.81. The van der Waals surface area contributed by atoms with E-state index < -0.39 is 0 Å². The molecule has 2 aliphatic carbocycles. The van der Waals surface area contributed by atoms with Crippen LogP contribution in [0.5, 0.6) is 0 Å². The van der Waals surface area contributed by atoms with Crippen LogP contribution >= 0.6 is 0 Å². The smallest absolute Gasteiger partial charge is 0.230 e. The van der Waals surface area contributed by atoms with Gasteiger partial charge in [-0.15, -0.1) is 0 Å². The van der Waals surface area contributed by atoms with Crippen LogP contribution in [0.2, 0.25) is 0 Å². The Labute approximate surface area is 93.4 Å². The van der Waals surface area contributed by atoms with Crippen LogP contribution in [0.25, 0.3) is 0 Å². The third kappa shape index (κ3) is 1.43. The molecule has 1 aromatic rings. The highest BCUT2D eigenvalue weighted by molar-refractivity contribution is 5.92. The summed E-state index contributed by atoms with van der Waals surface area (Å²) < 4.78 is 4.67. The molecule has 4 unspecified atom stereocenters. The maximum Gasteiger partial charge on any atom is 0.230 e. The Morgan fingerprint density at radius 2 is 2.31 bits per heavy atom. The first-order valence-electron chi connectivity index (χ1n) is 5.72. The van der Waals surface area contributed by atoms with Crippen LogP contribution < -0.4 is 11.1 Å². The molecule has 2 bridgehead atoms. The predicted octanol–water partition coefficient (Wildman–Crippen LogP) is 0.986. The molecule has 3 N–H and O–H groups in total. The molecule has 5 nitrogen and oxygen atoms in total. The zero-order valence-corrected chi connectivity index (χ0v) is 8.93. The summed E-state index contributed by atoms with van der Waals surface area (Å²) in [7, 11) is 0. The van der Waals surface area contributed by atoms with Crippen molar-refractivity contribution in [3.8, 4) is 0 Å². The first kappa shape index (κ1) is 9.84. The second-order valence-corrected chi connectivity index (χ2v) is 4.81. The number of nitrogens with two attached hydrogens (primary N) is 1. The molecule has 1 amide bonds. The van der Waals surface area contributed by atoms with E-state index in [9.17, 15) is 4.79 Å². The van der Waals surface area contributed by atoms with Gasteiger partial charge in [-0.25, -0.2) is 0 Å². The fourth-order valence-electron chi connectivity index (χ4n) is 3.21. The molecule has 0 spiro atoms. The quantitative estimate of drug-likeness (QED) is 0.780. The van der Waals surface area contributed by atoms with Gasteiger partial charge in [-0.3, -0.25) is 4.79 Å². The van der Waals surface area contributed by atoms with Gasteiger partial charge in [0.25, 0.3) is 0 Å². The highest BCUT2D eigenvalue weighted by atomic mass is 16.5. The summed E-state index contributed by atoms with van der Waals surface area (Å²) in [6.07, 6.45) is 4.86. The molecule has 2 fully saturated rings. The van der Waals surface area contributed by atoms with Crippen LogP contribution in [0.1, 0.15) is 19.3 Å². The van der Waals surface area contributed by atoms with E-state index in [-0.39, 0.29) is 17.9 Å². The first-order chi connectivity index (χ1) is 7.75. The van der Waals surface area contributed by atoms with Crippen molar-refractivity contribution in [1.82, 2.24) is 5.16 Å². The van der Waals surface area contributed by atoms with Crippen molar-refractivity contribution in [2.45, 2.75) is 25.3 Å². The maximum absolute atomic E-state index is 12.0. The average Bonchev–Trinajstić information content (AvgIpc) is 2.92. The molecule has 1 heterocycles. The Morgan fingerprint density at radius 3 is 2.94 bits per heavy atom. The van der Waals surface area contributed by atoms with Crippen molar-refractivity contribution < 1.29 is 9.32 Å². The van der Waals surface area contributed by atoms with Crippen LogP contribution in [0.3, 0.4) is 0 Å². The molecule has 0 radical (unpaired) electrons. The topological polar surface area (TPSA) is 81.2 Å². The number of nitrogens with zero attached hydrogens (tertiary/aromatic N) is 1. The van der Waals surface area contributed by atoms with Gasteiger partial charge >= 0.3 is 0 Å². The highest BCUT2D eigenvalue weighted by Crippen LogP contribution is 2.47. The lowest BCUT2D eigenvalue weighted by Gasteiger charge is -2.26. The standard InChI is InChI=1S/C11H15N3O2/c12-10-7-2-1-6(5-7)9(10)11(15)13-8-3-4-16-14-8/h3-4,6-7,9-10H,1-2,5,12H2,(H,13,14,15). The molecule has 2 saturated carbocycles. The van der Waals surface area contributed by atoms with E-state index in [1.54, 1.807) is 6.07 Å². The summed E-state index contributed by atoms with van der Waals surface area (Å²) >= 11 is 0. The number of aromatic nitrogens is 1. The van der Waals surface area contributed by atoms with Crippen LogP contribution in [0.15, 0.2) is 16.9 Å². The SMILES string of the molecule is NC1C2CCC(C2)C1C(=O)Nc1ccon1. The van der Waals surface area contributed by atoms with E-state index in [1.807, 2.05) is 0 Å². The number of anilines is 1. The number of rotatable bonds is 2. The highest BCUT2D eigenvalue weighted by Gasteiger charge is 2.49. The van der Waals surface area contributed by atoms with E-state index in [0.717, 1.165) is 12.8 Å². The van der Waals surface area contributed by atoms with Crippen molar-refractivity contribution in [2.75, 3.05) is 5.32 Å². The molecule has 0 aromatic carbocycles. The zero-order valence-electron chi connectivity index (χ0n) is 8.93. The molecular formula is C11H15N3O2. The Morgan fingerprint density at radius 1 is 1.50 bits per heavy atom. The molecule has 5 heteroatoms. The molecule has 0 saturated heterocycles. The van der Waals surface area contributed by atoms with E-state index in [1.165, 1.54) is 12.7 Å². The van der Waals surface area contributed by atoms with Crippen LogP contribution in [-0.2, 0) is 4.79 Å². The van der Waals surface area contributed by atoms with Gasteiger partial charge in [-0.05, 0) is 31.1 Å². The van der Waals surface area contributed by atoms with Crippen LogP contribution in [-0.4, -0.2) is 17.1 Å². The Bertz CT molecular complexity index is 388. The van der Waals surface area contributed by atoms with E-state index in [0.29, 0.717) is 17.7 Å². The van der Waals surface area contributed by atoms with Crippen molar-refractivity contribution in [1.29, 1.82) is 0 Å². The van der Waals surface area contributed by atoms with Crippen molar-refractivity contribution in [2.24, 2.45) is 23.5 Å². The molecule has 4 atom stereocenters. The monoisotopic (exact) mass is 221 g/mol. The van der Waals surface area contributed by atoms with Gasteiger partial charge in [0.2, 0.25) is 5.91 Å². The molecule has 2 aliphatic rings. The first-order valence-corrected chi connectivity index (χ1v) is 5.72. The molecule has 16 heavy (non-hydrogen) atoms. The number of hydrogen-bond donors (Lipinski definition) is 2. The summed E-state index contributed by atoms with van der Waals surface area (Å²) in [4.78, 5) is 12.0. The molecule has 0 aliphatic heterocycles. The Kier molecular flexibility index (Phi) is 2.21. The number of fused-ring (bicyclic) bond motifs is 2. The molecule has 3 rings (SSSR count). The van der Waals surface area contributed by atoms with Crippen molar-refractivity contribution >= 4 is 11.7 Å². The fraction of sp³-hybridized carbons (Fsp3) is 0.636. The van der Waals surface area contributed by atoms with Crippen LogP contribution in [0, 0.1) is 17.8 Å². The molecule has 1 aromatic heterocycles. The van der Waals surface area contributed by atoms with Gasteiger partial charge in [0.1, 0.15) is 6.26 Å².